The highest BCUT2D eigenvalue weighted by Gasteiger charge is 2.29. The maximum Gasteiger partial charge on any atom is 0.416 e. The van der Waals surface area contributed by atoms with E-state index in [1.54, 1.807) is 0 Å². The lowest BCUT2D eigenvalue weighted by molar-refractivity contribution is -0.137. The molecule has 140 valence electrons. The summed E-state index contributed by atoms with van der Waals surface area (Å²) in [5.74, 6) is 0.220. The summed E-state index contributed by atoms with van der Waals surface area (Å²) in [5.41, 5.74) is 1.37. The summed E-state index contributed by atoms with van der Waals surface area (Å²) in [6, 6.07) is 14.3. The fourth-order valence-electron chi connectivity index (χ4n) is 2.54. The van der Waals surface area contributed by atoms with Gasteiger partial charge < -0.3 is 9.73 Å². The van der Waals surface area contributed by atoms with Gasteiger partial charge in [0.25, 0.3) is 0 Å². The summed E-state index contributed by atoms with van der Waals surface area (Å²) in [6.07, 6.45) is -2.39. The van der Waals surface area contributed by atoms with Gasteiger partial charge in [0, 0.05) is 12.1 Å². The molecule has 4 nitrogen and oxygen atoms in total. The average Bonchev–Trinajstić information content (AvgIpc) is 3.10. The van der Waals surface area contributed by atoms with Gasteiger partial charge in [-0.05, 0) is 36.2 Å². The van der Waals surface area contributed by atoms with Crippen LogP contribution in [0.4, 0.5) is 13.2 Å². The van der Waals surface area contributed by atoms with Crippen molar-refractivity contribution in [1.82, 2.24) is 10.3 Å². The van der Waals surface area contributed by atoms with E-state index in [2.05, 4.69) is 10.3 Å². The van der Waals surface area contributed by atoms with Crippen molar-refractivity contribution < 1.29 is 22.4 Å². The molecule has 0 aliphatic heterocycles. The zero-order valence-corrected chi connectivity index (χ0v) is 14.3. The number of nitrogens with zero attached hydrogens (tertiary/aromatic N) is 1. The maximum atomic E-state index is 12.5. The first kappa shape index (κ1) is 18.7. The molecule has 0 bridgehead atoms. The fraction of sp³-hybridized carbons (Fsp3) is 0.200. The van der Waals surface area contributed by atoms with E-state index in [1.165, 1.54) is 18.4 Å². The third kappa shape index (κ3) is 5.20. The van der Waals surface area contributed by atoms with E-state index in [0.717, 1.165) is 23.3 Å². The third-order valence-corrected chi connectivity index (χ3v) is 3.93. The molecule has 2 aromatic carbocycles. The number of nitrogens with one attached hydrogen (secondary N) is 1. The van der Waals surface area contributed by atoms with Crippen LogP contribution in [0.5, 0.6) is 0 Å². The molecule has 1 aromatic heterocycles. The first-order valence-electron chi connectivity index (χ1n) is 8.34. The monoisotopic (exact) mass is 374 g/mol. The molecular weight excluding hydrogens is 357 g/mol. The van der Waals surface area contributed by atoms with E-state index in [4.69, 9.17) is 4.42 Å². The zero-order chi connectivity index (χ0) is 19.3. The molecule has 0 aliphatic carbocycles. The van der Waals surface area contributed by atoms with Gasteiger partial charge in [-0.15, -0.1) is 0 Å². The fourth-order valence-corrected chi connectivity index (χ4v) is 2.54. The molecule has 0 aliphatic rings. The van der Waals surface area contributed by atoms with E-state index in [-0.39, 0.29) is 12.3 Å². The van der Waals surface area contributed by atoms with Crippen molar-refractivity contribution in [3.63, 3.8) is 0 Å². The summed E-state index contributed by atoms with van der Waals surface area (Å²) in [5, 5.41) is 2.73. The molecule has 27 heavy (non-hydrogen) atoms. The van der Waals surface area contributed by atoms with Crippen molar-refractivity contribution in [2.75, 3.05) is 6.54 Å². The van der Waals surface area contributed by atoms with Crippen LogP contribution in [0.25, 0.3) is 11.5 Å². The quantitative estimate of drug-likeness (QED) is 0.701. The van der Waals surface area contributed by atoms with Crippen LogP contribution in [-0.2, 0) is 23.8 Å². The number of alkyl halides is 3. The molecule has 0 spiro atoms. The normalized spacial score (nSPS) is 11.4. The van der Waals surface area contributed by atoms with Gasteiger partial charge in [-0.3, -0.25) is 4.79 Å². The Morgan fingerprint density at radius 2 is 1.74 bits per heavy atom. The van der Waals surface area contributed by atoms with E-state index < -0.39 is 11.7 Å². The van der Waals surface area contributed by atoms with Gasteiger partial charge in [0.15, 0.2) is 0 Å². The van der Waals surface area contributed by atoms with Gasteiger partial charge in [0.2, 0.25) is 11.8 Å². The summed E-state index contributed by atoms with van der Waals surface area (Å²) >= 11 is 0. The van der Waals surface area contributed by atoms with Crippen molar-refractivity contribution in [2.24, 2.45) is 0 Å². The van der Waals surface area contributed by atoms with Crippen LogP contribution in [0, 0.1) is 0 Å². The largest absolute Gasteiger partial charge is 0.444 e. The van der Waals surface area contributed by atoms with Gasteiger partial charge in [-0.2, -0.15) is 13.2 Å². The Bertz CT molecular complexity index is 888. The van der Waals surface area contributed by atoms with Crippen molar-refractivity contribution in [3.8, 4) is 11.5 Å². The second kappa shape index (κ2) is 8.07. The van der Waals surface area contributed by atoms with E-state index in [0.29, 0.717) is 24.6 Å². The van der Waals surface area contributed by atoms with Crippen LogP contribution in [0.15, 0.2) is 65.3 Å². The number of oxazole rings is 1. The van der Waals surface area contributed by atoms with E-state index in [1.807, 2.05) is 30.3 Å². The molecule has 3 aromatic rings. The summed E-state index contributed by atoms with van der Waals surface area (Å²) < 4.78 is 43.0. The Balaban J connectivity index is 1.47. The van der Waals surface area contributed by atoms with Gasteiger partial charge in [0.05, 0.1) is 17.7 Å². The van der Waals surface area contributed by atoms with Crippen molar-refractivity contribution in [1.29, 1.82) is 0 Å². The first-order chi connectivity index (χ1) is 12.9. The Kier molecular flexibility index (Phi) is 5.59. The highest BCUT2D eigenvalue weighted by molar-refractivity contribution is 5.78. The lowest BCUT2D eigenvalue weighted by atomic mass is 10.1. The number of carbonyl (C=O) groups is 1. The summed E-state index contributed by atoms with van der Waals surface area (Å²) in [6.45, 7) is 0.327. The van der Waals surface area contributed by atoms with Crippen LogP contribution in [0.2, 0.25) is 0 Å². The Hall–Kier alpha value is -3.09. The molecule has 1 amide bonds. The van der Waals surface area contributed by atoms with Crippen molar-refractivity contribution in [2.45, 2.75) is 19.0 Å². The predicted molar refractivity (Wildman–Crippen MR) is 93.8 cm³/mol. The Labute approximate surface area is 154 Å². The minimum atomic E-state index is -4.34. The zero-order valence-electron chi connectivity index (χ0n) is 14.3. The average molecular weight is 374 g/mol. The molecule has 1 N–H and O–H groups in total. The second-order valence-electron chi connectivity index (χ2n) is 5.98. The molecule has 0 radical (unpaired) electrons. The third-order valence-electron chi connectivity index (χ3n) is 3.93. The molecule has 0 unspecified atom stereocenters. The lowest BCUT2D eigenvalue weighted by Crippen LogP contribution is -2.27. The van der Waals surface area contributed by atoms with Gasteiger partial charge in [-0.25, -0.2) is 4.98 Å². The Morgan fingerprint density at radius 3 is 2.41 bits per heavy atom. The van der Waals surface area contributed by atoms with Crippen LogP contribution in [0.3, 0.4) is 0 Å². The van der Waals surface area contributed by atoms with Crippen LogP contribution < -0.4 is 5.32 Å². The summed E-state index contributed by atoms with van der Waals surface area (Å²) in [4.78, 5) is 16.3. The minimum Gasteiger partial charge on any atom is -0.444 e. The standard InChI is InChI=1S/C20H17F3N2O2/c21-20(22,23)16-8-6-14(7-9-16)10-11-24-18(26)12-17-13-27-19(25-17)15-4-2-1-3-5-15/h1-9,13H,10-12H2,(H,24,26). The van der Waals surface area contributed by atoms with Gasteiger partial charge in [-0.1, -0.05) is 30.3 Å². The molecule has 0 saturated carbocycles. The first-order valence-corrected chi connectivity index (χ1v) is 8.34. The van der Waals surface area contributed by atoms with Crippen molar-refractivity contribution >= 4 is 5.91 Å². The topological polar surface area (TPSA) is 55.1 Å². The number of halogens is 3. The molecule has 1 heterocycles. The molecule has 0 fully saturated rings. The van der Waals surface area contributed by atoms with E-state index >= 15 is 0 Å². The molecule has 0 saturated heterocycles. The molecular formula is C20H17F3N2O2. The number of amides is 1. The smallest absolute Gasteiger partial charge is 0.416 e. The predicted octanol–water partition coefficient (Wildman–Crippen LogP) is 4.26. The summed E-state index contributed by atoms with van der Waals surface area (Å²) in [7, 11) is 0. The highest BCUT2D eigenvalue weighted by atomic mass is 19.4. The van der Waals surface area contributed by atoms with Crippen LogP contribution in [-0.4, -0.2) is 17.4 Å². The highest BCUT2D eigenvalue weighted by Crippen LogP contribution is 2.29. The number of carbonyl (C=O) groups excluding carboxylic acids is 1. The van der Waals surface area contributed by atoms with Crippen molar-refractivity contribution in [3.05, 3.63) is 77.7 Å². The molecule has 7 heteroatoms. The number of rotatable bonds is 6. The number of aromatic nitrogens is 1. The van der Waals surface area contributed by atoms with Gasteiger partial charge >= 0.3 is 6.18 Å². The molecule has 0 atom stereocenters. The maximum absolute atomic E-state index is 12.5. The Morgan fingerprint density at radius 1 is 1.04 bits per heavy atom. The molecule has 3 rings (SSSR count). The van der Waals surface area contributed by atoms with Crippen LogP contribution >= 0.6 is 0 Å². The SMILES string of the molecule is O=C(Cc1coc(-c2ccccc2)n1)NCCc1ccc(C(F)(F)F)cc1. The lowest BCUT2D eigenvalue weighted by Gasteiger charge is -2.08. The van der Waals surface area contributed by atoms with E-state index in [9.17, 15) is 18.0 Å². The second-order valence-corrected chi connectivity index (χ2v) is 5.98. The number of benzene rings is 2. The number of hydrogen-bond donors (Lipinski definition) is 1. The van der Waals surface area contributed by atoms with Crippen LogP contribution in [0.1, 0.15) is 16.8 Å². The number of hydrogen-bond acceptors (Lipinski definition) is 3. The van der Waals surface area contributed by atoms with Gasteiger partial charge in [0.1, 0.15) is 6.26 Å². The minimum absolute atomic E-state index is 0.0728.